The first-order chi connectivity index (χ1) is 9.13. The third-order valence-corrected chi connectivity index (χ3v) is 3.45. The molecule has 0 aliphatic rings. The Labute approximate surface area is 119 Å². The molecule has 0 atom stereocenters. The SMILES string of the molecule is CNCc1cc(N(C)c2ccccc2C)ncc1Cl. The standard InChI is InChI=1S/C15H18ClN3/c1-11-6-4-5-7-14(11)19(3)15-8-12(9-17-2)13(16)10-18-15/h4-8,10,17H,9H2,1-3H3. The topological polar surface area (TPSA) is 28.2 Å². The van der Waals surface area contributed by atoms with Crippen molar-refractivity contribution in [1.82, 2.24) is 10.3 Å². The highest BCUT2D eigenvalue weighted by Crippen LogP contribution is 2.27. The summed E-state index contributed by atoms with van der Waals surface area (Å²) >= 11 is 6.14. The molecule has 0 spiro atoms. The maximum absolute atomic E-state index is 6.14. The highest BCUT2D eigenvalue weighted by molar-refractivity contribution is 6.31. The number of anilines is 2. The molecule has 0 radical (unpaired) electrons. The zero-order chi connectivity index (χ0) is 13.8. The van der Waals surface area contributed by atoms with E-state index >= 15 is 0 Å². The molecular weight excluding hydrogens is 258 g/mol. The lowest BCUT2D eigenvalue weighted by Gasteiger charge is -2.21. The van der Waals surface area contributed by atoms with E-state index in [9.17, 15) is 0 Å². The van der Waals surface area contributed by atoms with E-state index in [1.54, 1.807) is 6.20 Å². The zero-order valence-corrected chi connectivity index (χ0v) is 12.2. The van der Waals surface area contributed by atoms with Crippen molar-refractivity contribution < 1.29 is 0 Å². The normalized spacial score (nSPS) is 10.5. The summed E-state index contributed by atoms with van der Waals surface area (Å²) in [4.78, 5) is 6.48. The number of hydrogen-bond donors (Lipinski definition) is 1. The molecule has 0 bridgehead atoms. The lowest BCUT2D eigenvalue weighted by atomic mass is 10.2. The Morgan fingerprint density at radius 2 is 2.05 bits per heavy atom. The first-order valence-corrected chi connectivity index (χ1v) is 6.59. The first-order valence-electron chi connectivity index (χ1n) is 6.22. The molecule has 1 N–H and O–H groups in total. The summed E-state index contributed by atoms with van der Waals surface area (Å²) < 4.78 is 0. The second-order valence-corrected chi connectivity index (χ2v) is 4.92. The van der Waals surface area contributed by atoms with Crippen molar-refractivity contribution in [2.75, 3.05) is 19.0 Å². The van der Waals surface area contributed by atoms with Crippen LogP contribution in [0.3, 0.4) is 0 Å². The number of nitrogens with one attached hydrogen (secondary N) is 1. The molecule has 100 valence electrons. The van der Waals surface area contributed by atoms with Crippen molar-refractivity contribution in [1.29, 1.82) is 0 Å². The summed E-state index contributed by atoms with van der Waals surface area (Å²) in [6, 6.07) is 10.3. The number of rotatable bonds is 4. The van der Waals surface area contributed by atoms with Gasteiger partial charge in [-0.05, 0) is 37.2 Å². The van der Waals surface area contributed by atoms with Gasteiger partial charge in [0.05, 0.1) is 5.02 Å². The highest BCUT2D eigenvalue weighted by atomic mass is 35.5. The minimum Gasteiger partial charge on any atom is -0.329 e. The van der Waals surface area contributed by atoms with Gasteiger partial charge in [0, 0.05) is 25.5 Å². The fraction of sp³-hybridized carbons (Fsp3) is 0.267. The van der Waals surface area contributed by atoms with E-state index in [2.05, 4.69) is 34.3 Å². The summed E-state index contributed by atoms with van der Waals surface area (Å²) in [7, 11) is 3.92. The number of halogens is 1. The number of pyridine rings is 1. The maximum atomic E-state index is 6.14. The van der Waals surface area contributed by atoms with Gasteiger partial charge in [-0.2, -0.15) is 0 Å². The van der Waals surface area contributed by atoms with Gasteiger partial charge < -0.3 is 10.2 Å². The molecule has 2 aromatic rings. The van der Waals surface area contributed by atoms with Crippen LogP contribution in [0.5, 0.6) is 0 Å². The Morgan fingerprint density at radius 1 is 1.32 bits per heavy atom. The van der Waals surface area contributed by atoms with Gasteiger partial charge in [0.15, 0.2) is 0 Å². The zero-order valence-electron chi connectivity index (χ0n) is 11.4. The predicted molar refractivity (Wildman–Crippen MR) is 81.3 cm³/mol. The van der Waals surface area contributed by atoms with E-state index in [1.807, 2.05) is 32.3 Å². The molecule has 4 heteroatoms. The Balaban J connectivity index is 2.36. The second-order valence-electron chi connectivity index (χ2n) is 4.51. The van der Waals surface area contributed by atoms with Crippen LogP contribution >= 0.6 is 11.6 Å². The van der Waals surface area contributed by atoms with E-state index in [4.69, 9.17) is 11.6 Å². The van der Waals surface area contributed by atoms with Crippen LogP contribution in [0.4, 0.5) is 11.5 Å². The number of hydrogen-bond acceptors (Lipinski definition) is 3. The molecular formula is C15H18ClN3. The molecule has 0 unspecified atom stereocenters. The van der Waals surface area contributed by atoms with Gasteiger partial charge in [0.25, 0.3) is 0 Å². The Bertz CT molecular complexity index is 569. The average molecular weight is 276 g/mol. The van der Waals surface area contributed by atoms with Gasteiger partial charge in [-0.3, -0.25) is 0 Å². The maximum Gasteiger partial charge on any atom is 0.133 e. The molecule has 1 aromatic carbocycles. The number of nitrogens with zero attached hydrogens (tertiary/aromatic N) is 2. The van der Waals surface area contributed by atoms with E-state index in [0.29, 0.717) is 5.02 Å². The van der Waals surface area contributed by atoms with Crippen molar-refractivity contribution in [3.8, 4) is 0 Å². The molecule has 19 heavy (non-hydrogen) atoms. The Hall–Kier alpha value is -1.58. The third-order valence-electron chi connectivity index (χ3n) is 3.11. The third kappa shape index (κ3) is 3.06. The van der Waals surface area contributed by atoms with Crippen LogP contribution in [0, 0.1) is 6.92 Å². The van der Waals surface area contributed by atoms with Crippen molar-refractivity contribution in [3.63, 3.8) is 0 Å². The number of aromatic nitrogens is 1. The molecule has 0 saturated heterocycles. The summed E-state index contributed by atoms with van der Waals surface area (Å²) in [6.45, 7) is 2.83. The lowest BCUT2D eigenvalue weighted by Crippen LogP contribution is -2.14. The van der Waals surface area contributed by atoms with Crippen LogP contribution in [0.25, 0.3) is 0 Å². The largest absolute Gasteiger partial charge is 0.329 e. The second kappa shape index (κ2) is 6.04. The fourth-order valence-corrected chi connectivity index (χ4v) is 2.21. The molecule has 3 nitrogen and oxygen atoms in total. The number of para-hydroxylation sites is 1. The molecule has 0 aliphatic carbocycles. The average Bonchev–Trinajstić information content (AvgIpc) is 2.41. The van der Waals surface area contributed by atoms with E-state index < -0.39 is 0 Å². The molecule has 0 amide bonds. The minimum absolute atomic E-state index is 0.691. The van der Waals surface area contributed by atoms with E-state index in [0.717, 1.165) is 23.6 Å². The summed E-state index contributed by atoms with van der Waals surface area (Å²) in [5, 5.41) is 3.80. The monoisotopic (exact) mass is 275 g/mol. The summed E-state index contributed by atoms with van der Waals surface area (Å²) in [5.74, 6) is 0.893. The number of benzene rings is 1. The number of aryl methyl sites for hydroxylation is 1. The van der Waals surface area contributed by atoms with Gasteiger partial charge in [-0.1, -0.05) is 29.8 Å². The molecule has 1 heterocycles. The van der Waals surface area contributed by atoms with Gasteiger partial charge in [-0.25, -0.2) is 4.98 Å². The van der Waals surface area contributed by atoms with Crippen LogP contribution in [0.15, 0.2) is 36.5 Å². The van der Waals surface area contributed by atoms with Crippen molar-refractivity contribution in [2.45, 2.75) is 13.5 Å². The van der Waals surface area contributed by atoms with Crippen LogP contribution in [0.2, 0.25) is 5.02 Å². The molecule has 0 saturated carbocycles. The smallest absolute Gasteiger partial charge is 0.133 e. The van der Waals surface area contributed by atoms with Gasteiger partial charge in [-0.15, -0.1) is 0 Å². The van der Waals surface area contributed by atoms with E-state index in [1.165, 1.54) is 5.56 Å². The Morgan fingerprint density at radius 3 is 2.74 bits per heavy atom. The van der Waals surface area contributed by atoms with Crippen LogP contribution in [0.1, 0.15) is 11.1 Å². The summed E-state index contributed by atoms with van der Waals surface area (Å²) in [6.07, 6.45) is 1.71. The molecule has 0 aliphatic heterocycles. The van der Waals surface area contributed by atoms with Crippen LogP contribution in [-0.2, 0) is 6.54 Å². The minimum atomic E-state index is 0.691. The van der Waals surface area contributed by atoms with Gasteiger partial charge >= 0.3 is 0 Å². The first kappa shape index (κ1) is 13.8. The lowest BCUT2D eigenvalue weighted by molar-refractivity contribution is 0.815. The van der Waals surface area contributed by atoms with Crippen molar-refractivity contribution in [2.24, 2.45) is 0 Å². The van der Waals surface area contributed by atoms with Crippen LogP contribution < -0.4 is 10.2 Å². The quantitative estimate of drug-likeness (QED) is 0.925. The van der Waals surface area contributed by atoms with Gasteiger partial charge in [0.1, 0.15) is 5.82 Å². The van der Waals surface area contributed by atoms with Crippen molar-refractivity contribution in [3.05, 3.63) is 52.7 Å². The van der Waals surface area contributed by atoms with Crippen LogP contribution in [-0.4, -0.2) is 19.1 Å². The molecule has 1 aromatic heterocycles. The fourth-order valence-electron chi connectivity index (χ4n) is 2.04. The summed E-state index contributed by atoms with van der Waals surface area (Å²) in [5.41, 5.74) is 3.42. The highest BCUT2D eigenvalue weighted by Gasteiger charge is 2.10. The molecule has 2 rings (SSSR count). The molecule has 0 fully saturated rings. The van der Waals surface area contributed by atoms with Crippen molar-refractivity contribution >= 4 is 23.1 Å². The predicted octanol–water partition coefficient (Wildman–Crippen LogP) is 3.53. The van der Waals surface area contributed by atoms with Gasteiger partial charge in [0.2, 0.25) is 0 Å². The Kier molecular flexibility index (Phi) is 4.40. The van der Waals surface area contributed by atoms with E-state index in [-0.39, 0.29) is 0 Å².